The van der Waals surface area contributed by atoms with Crippen molar-refractivity contribution >= 4 is 22.9 Å². The van der Waals surface area contributed by atoms with E-state index in [0.29, 0.717) is 5.92 Å². The summed E-state index contributed by atoms with van der Waals surface area (Å²) in [6, 6.07) is 11.6. The summed E-state index contributed by atoms with van der Waals surface area (Å²) in [5, 5.41) is 5.02. The fourth-order valence-corrected chi connectivity index (χ4v) is 3.12. The Kier molecular flexibility index (Phi) is 3.25. The van der Waals surface area contributed by atoms with E-state index in [-0.39, 0.29) is 11.8 Å². The summed E-state index contributed by atoms with van der Waals surface area (Å²) in [7, 11) is 1.63. The molecule has 1 fully saturated rings. The topological polar surface area (TPSA) is 38.3 Å². The van der Waals surface area contributed by atoms with Gasteiger partial charge in [0.2, 0.25) is 5.91 Å². The van der Waals surface area contributed by atoms with Crippen LogP contribution in [0.1, 0.15) is 17.2 Å². The molecule has 1 heterocycles. The van der Waals surface area contributed by atoms with E-state index in [0.717, 1.165) is 17.9 Å². The van der Waals surface area contributed by atoms with Gasteiger partial charge in [-0.05, 0) is 42.1 Å². The highest BCUT2D eigenvalue weighted by Gasteiger charge is 2.44. The van der Waals surface area contributed by atoms with Crippen LogP contribution in [0.2, 0.25) is 0 Å². The lowest BCUT2D eigenvalue weighted by molar-refractivity contribution is -0.117. The van der Waals surface area contributed by atoms with E-state index in [1.807, 2.05) is 30.3 Å². The van der Waals surface area contributed by atoms with Crippen LogP contribution in [0, 0.1) is 5.92 Å². The molecule has 0 bridgehead atoms. The Morgan fingerprint density at radius 1 is 1.32 bits per heavy atom. The predicted octanol–water partition coefficient (Wildman–Crippen LogP) is 3.50. The van der Waals surface area contributed by atoms with Gasteiger partial charge in [0.15, 0.2) is 0 Å². The molecule has 0 aliphatic heterocycles. The van der Waals surface area contributed by atoms with Crippen molar-refractivity contribution in [3.05, 3.63) is 46.7 Å². The van der Waals surface area contributed by atoms with E-state index >= 15 is 0 Å². The van der Waals surface area contributed by atoms with Gasteiger partial charge in [0.05, 0.1) is 7.11 Å². The van der Waals surface area contributed by atoms with Gasteiger partial charge in [-0.2, -0.15) is 0 Å². The Hall–Kier alpha value is -1.81. The predicted molar refractivity (Wildman–Crippen MR) is 76.8 cm³/mol. The molecule has 1 aliphatic carbocycles. The Morgan fingerprint density at radius 3 is 2.74 bits per heavy atom. The standard InChI is InChI=1S/C15H15NO2S/c1-18-11-6-4-10(5-7-11)16-15(17)13-9-12(13)14-3-2-8-19-14/h2-8,12-13H,9H2,1H3,(H,16,17). The van der Waals surface area contributed by atoms with Crippen LogP contribution in [-0.4, -0.2) is 13.0 Å². The number of amides is 1. The minimum absolute atomic E-state index is 0.114. The van der Waals surface area contributed by atoms with Crippen LogP contribution in [0.3, 0.4) is 0 Å². The lowest BCUT2D eigenvalue weighted by Gasteiger charge is -2.05. The number of ether oxygens (including phenoxy) is 1. The van der Waals surface area contributed by atoms with E-state index < -0.39 is 0 Å². The number of hydrogen-bond donors (Lipinski definition) is 1. The molecular weight excluding hydrogens is 258 g/mol. The first-order chi connectivity index (χ1) is 9.28. The van der Waals surface area contributed by atoms with Gasteiger partial charge in [0.1, 0.15) is 5.75 Å². The second kappa shape index (κ2) is 5.05. The molecule has 3 rings (SSSR count). The quantitative estimate of drug-likeness (QED) is 0.926. The summed E-state index contributed by atoms with van der Waals surface area (Å²) in [5.41, 5.74) is 0.822. The Labute approximate surface area is 116 Å². The average molecular weight is 273 g/mol. The third-order valence-corrected chi connectivity index (χ3v) is 4.40. The highest BCUT2D eigenvalue weighted by Crippen LogP contribution is 2.49. The van der Waals surface area contributed by atoms with Crippen LogP contribution in [0.15, 0.2) is 41.8 Å². The third kappa shape index (κ3) is 2.63. The Morgan fingerprint density at radius 2 is 2.11 bits per heavy atom. The molecule has 19 heavy (non-hydrogen) atoms. The zero-order chi connectivity index (χ0) is 13.2. The van der Waals surface area contributed by atoms with Gasteiger partial charge in [-0.25, -0.2) is 0 Å². The fourth-order valence-electron chi connectivity index (χ4n) is 2.21. The van der Waals surface area contributed by atoms with Crippen LogP contribution < -0.4 is 10.1 Å². The smallest absolute Gasteiger partial charge is 0.228 e. The van der Waals surface area contributed by atoms with Crippen molar-refractivity contribution in [1.29, 1.82) is 0 Å². The highest BCUT2D eigenvalue weighted by atomic mass is 32.1. The van der Waals surface area contributed by atoms with Gasteiger partial charge in [-0.1, -0.05) is 6.07 Å². The van der Waals surface area contributed by atoms with Gasteiger partial charge in [-0.3, -0.25) is 4.79 Å². The summed E-state index contributed by atoms with van der Waals surface area (Å²) in [6.07, 6.45) is 0.961. The minimum Gasteiger partial charge on any atom is -0.497 e. The molecular formula is C15H15NO2S. The maximum Gasteiger partial charge on any atom is 0.228 e. The molecule has 98 valence electrons. The van der Waals surface area contributed by atoms with Crippen molar-refractivity contribution in [1.82, 2.24) is 0 Å². The first-order valence-electron chi connectivity index (χ1n) is 6.26. The van der Waals surface area contributed by atoms with Crippen LogP contribution in [0.4, 0.5) is 5.69 Å². The average Bonchev–Trinajstić information content (AvgIpc) is 3.06. The van der Waals surface area contributed by atoms with Crippen molar-refractivity contribution in [3.8, 4) is 5.75 Å². The molecule has 2 atom stereocenters. The van der Waals surface area contributed by atoms with Crippen molar-refractivity contribution in [2.45, 2.75) is 12.3 Å². The molecule has 0 radical (unpaired) electrons. The second-order valence-corrected chi connectivity index (χ2v) is 5.66. The zero-order valence-electron chi connectivity index (χ0n) is 10.6. The first-order valence-corrected chi connectivity index (χ1v) is 7.14. The van der Waals surface area contributed by atoms with Crippen LogP contribution in [-0.2, 0) is 4.79 Å². The van der Waals surface area contributed by atoms with E-state index in [1.165, 1.54) is 4.88 Å². The molecule has 1 aliphatic rings. The highest BCUT2D eigenvalue weighted by molar-refractivity contribution is 7.10. The normalized spacial score (nSPS) is 20.9. The van der Waals surface area contributed by atoms with Crippen molar-refractivity contribution in [2.75, 3.05) is 12.4 Å². The molecule has 3 nitrogen and oxygen atoms in total. The van der Waals surface area contributed by atoms with Crippen LogP contribution >= 0.6 is 11.3 Å². The number of thiophene rings is 1. The maximum atomic E-state index is 12.1. The fraction of sp³-hybridized carbons (Fsp3) is 0.267. The molecule has 1 saturated carbocycles. The monoisotopic (exact) mass is 273 g/mol. The first kappa shape index (κ1) is 12.2. The van der Waals surface area contributed by atoms with Crippen molar-refractivity contribution < 1.29 is 9.53 Å². The minimum atomic E-state index is 0.114. The molecule has 2 aromatic rings. The summed E-state index contributed by atoms with van der Waals surface area (Å²) in [5.74, 6) is 1.45. The number of nitrogens with one attached hydrogen (secondary N) is 1. The molecule has 1 aromatic carbocycles. The SMILES string of the molecule is COc1ccc(NC(=O)C2CC2c2cccs2)cc1. The summed E-state index contributed by atoms with van der Waals surface area (Å²) in [4.78, 5) is 13.4. The summed E-state index contributed by atoms with van der Waals surface area (Å²) >= 11 is 1.73. The second-order valence-electron chi connectivity index (χ2n) is 4.68. The number of carbonyl (C=O) groups excluding carboxylic acids is 1. The van der Waals surface area contributed by atoms with Crippen LogP contribution in [0.25, 0.3) is 0 Å². The number of hydrogen-bond acceptors (Lipinski definition) is 3. The largest absolute Gasteiger partial charge is 0.497 e. The molecule has 2 unspecified atom stereocenters. The van der Waals surface area contributed by atoms with Gasteiger partial charge >= 0.3 is 0 Å². The summed E-state index contributed by atoms with van der Waals surface area (Å²) < 4.78 is 5.09. The number of rotatable bonds is 4. The van der Waals surface area contributed by atoms with E-state index in [9.17, 15) is 4.79 Å². The van der Waals surface area contributed by atoms with Gasteiger partial charge < -0.3 is 10.1 Å². The molecule has 1 aromatic heterocycles. The van der Waals surface area contributed by atoms with E-state index in [2.05, 4.69) is 16.8 Å². The number of anilines is 1. The Balaban J connectivity index is 1.60. The van der Waals surface area contributed by atoms with Gasteiger partial charge in [0, 0.05) is 22.4 Å². The number of methoxy groups -OCH3 is 1. The third-order valence-electron chi connectivity index (χ3n) is 3.39. The number of carbonyl (C=O) groups is 1. The lowest BCUT2D eigenvalue weighted by Crippen LogP contribution is -2.14. The molecule has 0 spiro atoms. The maximum absolute atomic E-state index is 12.1. The lowest BCUT2D eigenvalue weighted by atomic mass is 10.2. The van der Waals surface area contributed by atoms with Crippen LogP contribution in [0.5, 0.6) is 5.75 Å². The van der Waals surface area contributed by atoms with E-state index in [1.54, 1.807) is 18.4 Å². The molecule has 4 heteroatoms. The van der Waals surface area contributed by atoms with E-state index in [4.69, 9.17) is 4.74 Å². The van der Waals surface area contributed by atoms with Gasteiger partial charge in [0.25, 0.3) is 0 Å². The number of benzene rings is 1. The zero-order valence-corrected chi connectivity index (χ0v) is 11.4. The van der Waals surface area contributed by atoms with Crippen molar-refractivity contribution in [3.63, 3.8) is 0 Å². The van der Waals surface area contributed by atoms with Crippen molar-refractivity contribution in [2.24, 2.45) is 5.92 Å². The summed E-state index contributed by atoms with van der Waals surface area (Å²) in [6.45, 7) is 0. The van der Waals surface area contributed by atoms with Gasteiger partial charge in [-0.15, -0.1) is 11.3 Å². The molecule has 1 amide bonds. The molecule has 0 saturated heterocycles. The Bertz CT molecular complexity index is 562. The molecule has 1 N–H and O–H groups in total.